The largest absolute Gasteiger partial charge is 0.504 e. The Morgan fingerprint density at radius 3 is 2.71 bits per heavy atom. The van der Waals surface area contributed by atoms with E-state index in [2.05, 4.69) is 10.2 Å². The standard InChI is InChI=1S/C11H13N3O3/c1-6(12)10-13-14-11(17-10)7-3-4-9(16-2)8(15)5-7/h3-6,15H,12H2,1-2H3. The number of hydrogen-bond acceptors (Lipinski definition) is 6. The summed E-state index contributed by atoms with van der Waals surface area (Å²) >= 11 is 0. The van der Waals surface area contributed by atoms with Crippen molar-refractivity contribution >= 4 is 0 Å². The molecule has 1 unspecified atom stereocenters. The van der Waals surface area contributed by atoms with Gasteiger partial charge in [0, 0.05) is 5.56 Å². The van der Waals surface area contributed by atoms with Gasteiger partial charge in [-0.2, -0.15) is 0 Å². The molecule has 1 heterocycles. The van der Waals surface area contributed by atoms with Gasteiger partial charge in [0.15, 0.2) is 11.5 Å². The van der Waals surface area contributed by atoms with Crippen molar-refractivity contribution in [1.82, 2.24) is 10.2 Å². The highest BCUT2D eigenvalue weighted by Gasteiger charge is 2.13. The molecule has 6 nitrogen and oxygen atoms in total. The third-order valence-corrected chi connectivity index (χ3v) is 2.26. The first-order chi connectivity index (χ1) is 8.11. The first-order valence-electron chi connectivity index (χ1n) is 5.08. The van der Waals surface area contributed by atoms with Gasteiger partial charge in [0.1, 0.15) is 0 Å². The summed E-state index contributed by atoms with van der Waals surface area (Å²) in [4.78, 5) is 0. The highest BCUT2D eigenvalue weighted by atomic mass is 16.5. The number of rotatable bonds is 3. The van der Waals surface area contributed by atoms with Crippen LogP contribution in [0.5, 0.6) is 11.5 Å². The zero-order valence-electron chi connectivity index (χ0n) is 9.54. The number of aromatic nitrogens is 2. The van der Waals surface area contributed by atoms with Crippen molar-refractivity contribution in [3.8, 4) is 23.0 Å². The lowest BCUT2D eigenvalue weighted by Crippen LogP contribution is -2.04. The summed E-state index contributed by atoms with van der Waals surface area (Å²) in [6.07, 6.45) is 0. The third kappa shape index (κ3) is 2.21. The normalized spacial score (nSPS) is 12.4. The van der Waals surface area contributed by atoms with E-state index >= 15 is 0 Å². The topological polar surface area (TPSA) is 94.4 Å². The van der Waals surface area contributed by atoms with Crippen LogP contribution in [0.2, 0.25) is 0 Å². The van der Waals surface area contributed by atoms with Crippen LogP contribution in [0.15, 0.2) is 22.6 Å². The maximum Gasteiger partial charge on any atom is 0.247 e. The predicted octanol–water partition coefficient (Wildman–Crippen LogP) is 1.47. The molecule has 0 saturated carbocycles. The van der Waals surface area contributed by atoms with Gasteiger partial charge in [0.2, 0.25) is 11.8 Å². The van der Waals surface area contributed by atoms with E-state index in [0.29, 0.717) is 23.1 Å². The molecule has 0 bridgehead atoms. The van der Waals surface area contributed by atoms with E-state index in [1.807, 2.05) is 0 Å². The molecular weight excluding hydrogens is 222 g/mol. The molecular formula is C11H13N3O3. The van der Waals surface area contributed by atoms with Crippen LogP contribution in [-0.4, -0.2) is 22.4 Å². The third-order valence-electron chi connectivity index (χ3n) is 2.26. The van der Waals surface area contributed by atoms with E-state index in [0.717, 1.165) is 0 Å². The zero-order chi connectivity index (χ0) is 12.4. The highest BCUT2D eigenvalue weighted by Crippen LogP contribution is 2.30. The molecule has 1 atom stereocenters. The van der Waals surface area contributed by atoms with Gasteiger partial charge in [0.25, 0.3) is 0 Å². The lowest BCUT2D eigenvalue weighted by molar-refractivity contribution is 0.373. The summed E-state index contributed by atoms with van der Waals surface area (Å²) in [5, 5.41) is 17.3. The van der Waals surface area contributed by atoms with E-state index < -0.39 is 0 Å². The van der Waals surface area contributed by atoms with Gasteiger partial charge < -0.3 is 20.0 Å². The van der Waals surface area contributed by atoms with Gasteiger partial charge in [-0.05, 0) is 25.1 Å². The molecule has 2 rings (SSSR count). The Balaban J connectivity index is 2.36. The van der Waals surface area contributed by atoms with E-state index in [9.17, 15) is 5.11 Å². The van der Waals surface area contributed by atoms with Crippen LogP contribution in [0.4, 0.5) is 0 Å². The Morgan fingerprint density at radius 1 is 1.41 bits per heavy atom. The Bertz CT molecular complexity index is 522. The fourth-order valence-electron chi connectivity index (χ4n) is 1.36. The molecule has 0 aliphatic heterocycles. The summed E-state index contributed by atoms with van der Waals surface area (Å²) in [6.45, 7) is 1.75. The maximum absolute atomic E-state index is 9.63. The average Bonchev–Trinajstić information content (AvgIpc) is 2.78. The van der Waals surface area contributed by atoms with Crippen LogP contribution < -0.4 is 10.5 Å². The van der Waals surface area contributed by atoms with Crippen LogP contribution in [0.3, 0.4) is 0 Å². The van der Waals surface area contributed by atoms with Crippen molar-refractivity contribution in [3.63, 3.8) is 0 Å². The van der Waals surface area contributed by atoms with Crippen molar-refractivity contribution in [3.05, 3.63) is 24.1 Å². The van der Waals surface area contributed by atoms with Gasteiger partial charge in [-0.15, -0.1) is 10.2 Å². The van der Waals surface area contributed by atoms with Crippen LogP contribution in [0.1, 0.15) is 18.9 Å². The van der Waals surface area contributed by atoms with Crippen molar-refractivity contribution in [2.24, 2.45) is 5.73 Å². The van der Waals surface area contributed by atoms with Gasteiger partial charge in [-0.25, -0.2) is 0 Å². The van der Waals surface area contributed by atoms with Gasteiger partial charge in [-0.3, -0.25) is 0 Å². The molecule has 0 amide bonds. The minimum atomic E-state index is -0.317. The summed E-state index contributed by atoms with van der Waals surface area (Å²) in [5.74, 6) is 1.08. The summed E-state index contributed by atoms with van der Waals surface area (Å²) < 4.78 is 10.3. The second-order valence-corrected chi connectivity index (χ2v) is 3.62. The molecule has 3 N–H and O–H groups in total. The van der Waals surface area contributed by atoms with Gasteiger partial charge >= 0.3 is 0 Å². The minimum Gasteiger partial charge on any atom is -0.504 e. The highest BCUT2D eigenvalue weighted by molar-refractivity contribution is 5.59. The van der Waals surface area contributed by atoms with Crippen molar-refractivity contribution in [2.75, 3.05) is 7.11 Å². The molecule has 90 valence electrons. The minimum absolute atomic E-state index is 0.0190. The Kier molecular flexibility index (Phi) is 2.97. The summed E-state index contributed by atoms with van der Waals surface area (Å²) in [5.41, 5.74) is 6.23. The Morgan fingerprint density at radius 2 is 2.18 bits per heavy atom. The second kappa shape index (κ2) is 4.42. The SMILES string of the molecule is COc1ccc(-c2nnc(C(C)N)o2)cc1O. The predicted molar refractivity (Wildman–Crippen MR) is 60.6 cm³/mol. The number of hydrogen-bond donors (Lipinski definition) is 2. The molecule has 2 aromatic rings. The molecule has 0 aliphatic rings. The Labute approximate surface area is 98.0 Å². The lowest BCUT2D eigenvalue weighted by atomic mass is 10.2. The maximum atomic E-state index is 9.63. The van der Waals surface area contributed by atoms with E-state index in [4.69, 9.17) is 14.9 Å². The number of ether oxygens (including phenoxy) is 1. The van der Waals surface area contributed by atoms with Crippen molar-refractivity contribution in [1.29, 1.82) is 0 Å². The van der Waals surface area contributed by atoms with Crippen molar-refractivity contribution < 1.29 is 14.3 Å². The van der Waals surface area contributed by atoms with E-state index in [1.165, 1.54) is 13.2 Å². The average molecular weight is 235 g/mol. The van der Waals surface area contributed by atoms with Crippen LogP contribution in [-0.2, 0) is 0 Å². The molecule has 0 fully saturated rings. The second-order valence-electron chi connectivity index (χ2n) is 3.62. The van der Waals surface area contributed by atoms with Gasteiger partial charge in [0.05, 0.1) is 13.2 Å². The number of aromatic hydroxyl groups is 1. The van der Waals surface area contributed by atoms with Gasteiger partial charge in [-0.1, -0.05) is 0 Å². The first-order valence-corrected chi connectivity index (χ1v) is 5.08. The monoisotopic (exact) mass is 235 g/mol. The summed E-state index contributed by atoms with van der Waals surface area (Å²) in [6, 6.07) is 4.53. The molecule has 0 saturated heterocycles. The molecule has 1 aromatic carbocycles. The number of benzene rings is 1. The Hall–Kier alpha value is -2.08. The number of nitrogens with zero attached hydrogens (tertiary/aromatic N) is 2. The molecule has 0 radical (unpaired) electrons. The molecule has 1 aromatic heterocycles. The molecule has 0 aliphatic carbocycles. The fourth-order valence-corrected chi connectivity index (χ4v) is 1.36. The number of methoxy groups -OCH3 is 1. The van der Waals surface area contributed by atoms with Crippen LogP contribution in [0, 0.1) is 0 Å². The molecule has 6 heteroatoms. The smallest absolute Gasteiger partial charge is 0.247 e. The number of phenols is 1. The molecule has 0 spiro atoms. The van der Waals surface area contributed by atoms with Crippen molar-refractivity contribution in [2.45, 2.75) is 13.0 Å². The molecule has 17 heavy (non-hydrogen) atoms. The number of phenolic OH excluding ortho intramolecular Hbond substituents is 1. The van der Waals surface area contributed by atoms with Crippen LogP contribution >= 0.6 is 0 Å². The van der Waals surface area contributed by atoms with Crippen LogP contribution in [0.25, 0.3) is 11.5 Å². The quantitative estimate of drug-likeness (QED) is 0.836. The fraction of sp³-hybridized carbons (Fsp3) is 0.273. The lowest BCUT2D eigenvalue weighted by Gasteiger charge is -2.03. The van der Waals surface area contributed by atoms with E-state index in [1.54, 1.807) is 19.1 Å². The summed E-state index contributed by atoms with van der Waals surface area (Å²) in [7, 11) is 1.48. The first kappa shape index (κ1) is 11.4. The van der Waals surface area contributed by atoms with E-state index in [-0.39, 0.29) is 11.8 Å². The zero-order valence-corrected chi connectivity index (χ0v) is 9.54. The number of nitrogens with two attached hydrogens (primary N) is 1.